The summed E-state index contributed by atoms with van der Waals surface area (Å²) in [5.41, 5.74) is 0.867. The third kappa shape index (κ3) is 3.42. The largest absolute Gasteiger partial charge is 0.463 e. The highest BCUT2D eigenvalue weighted by Crippen LogP contribution is 2.28. The lowest BCUT2D eigenvalue weighted by atomic mass is 10.1. The van der Waals surface area contributed by atoms with E-state index in [-0.39, 0.29) is 11.6 Å². The van der Waals surface area contributed by atoms with Crippen molar-refractivity contribution in [2.24, 2.45) is 0 Å². The first-order valence-electron chi connectivity index (χ1n) is 7.91. The fourth-order valence-corrected chi connectivity index (χ4v) is 2.67. The Kier molecular flexibility index (Phi) is 4.47. The molecule has 0 unspecified atom stereocenters. The maximum atomic E-state index is 12.7. The fourth-order valence-electron chi connectivity index (χ4n) is 2.67. The van der Waals surface area contributed by atoms with E-state index in [0.717, 1.165) is 7.05 Å². The van der Waals surface area contributed by atoms with Crippen LogP contribution in [0.25, 0.3) is 22.5 Å². The molecule has 3 aromatic rings. The predicted molar refractivity (Wildman–Crippen MR) is 88.6 cm³/mol. The molecule has 0 aliphatic heterocycles. The smallest absolute Gasteiger partial charge is 0.406 e. The number of pyridine rings is 1. The zero-order valence-electron chi connectivity index (χ0n) is 14.4. The molecule has 9 heteroatoms. The predicted octanol–water partition coefficient (Wildman–Crippen LogP) is 3.91. The van der Waals surface area contributed by atoms with Gasteiger partial charge >= 0.3 is 6.18 Å². The summed E-state index contributed by atoms with van der Waals surface area (Å²) in [4.78, 5) is 17.8. The molecule has 26 heavy (non-hydrogen) atoms. The van der Waals surface area contributed by atoms with Crippen molar-refractivity contribution in [3.8, 4) is 11.5 Å². The molecule has 0 bridgehead atoms. The SMILES string of the molecule is CC(C)n1ncc2c(C(=O)N(C)CC(F)(F)F)cc(-c3ccco3)nc21. The van der Waals surface area contributed by atoms with Crippen LogP contribution in [0.4, 0.5) is 13.2 Å². The van der Waals surface area contributed by atoms with E-state index < -0.39 is 18.6 Å². The van der Waals surface area contributed by atoms with Gasteiger partial charge in [-0.2, -0.15) is 18.3 Å². The van der Waals surface area contributed by atoms with Gasteiger partial charge in [-0.1, -0.05) is 0 Å². The quantitative estimate of drug-likeness (QED) is 0.702. The van der Waals surface area contributed by atoms with Crippen LogP contribution in [0.3, 0.4) is 0 Å². The minimum atomic E-state index is -4.48. The summed E-state index contributed by atoms with van der Waals surface area (Å²) in [6.45, 7) is 2.44. The zero-order valence-corrected chi connectivity index (χ0v) is 14.4. The number of rotatable bonds is 4. The Bertz CT molecular complexity index is 930. The molecule has 0 saturated carbocycles. The molecular weight excluding hydrogens is 349 g/mol. The number of halogens is 3. The van der Waals surface area contributed by atoms with Crippen LogP contribution in [-0.4, -0.2) is 45.3 Å². The number of hydrogen-bond donors (Lipinski definition) is 0. The molecule has 0 aromatic carbocycles. The highest BCUT2D eigenvalue weighted by molar-refractivity contribution is 6.06. The highest BCUT2D eigenvalue weighted by atomic mass is 19.4. The second-order valence-corrected chi connectivity index (χ2v) is 6.23. The van der Waals surface area contributed by atoms with Gasteiger partial charge in [-0.3, -0.25) is 4.79 Å². The van der Waals surface area contributed by atoms with Crippen molar-refractivity contribution >= 4 is 16.9 Å². The standard InChI is InChI=1S/C17H17F3N4O2/c1-10(2)24-15-12(8-21-24)11(16(25)23(3)9-17(18,19)20)7-13(22-15)14-5-4-6-26-14/h4-8,10H,9H2,1-3H3. The van der Waals surface area contributed by atoms with E-state index in [1.54, 1.807) is 16.8 Å². The van der Waals surface area contributed by atoms with Gasteiger partial charge in [0.2, 0.25) is 0 Å². The molecule has 3 rings (SSSR count). The van der Waals surface area contributed by atoms with Crippen LogP contribution in [0, 0.1) is 0 Å². The van der Waals surface area contributed by atoms with Gasteiger partial charge in [-0.15, -0.1) is 0 Å². The number of aromatic nitrogens is 3. The van der Waals surface area contributed by atoms with Gasteiger partial charge < -0.3 is 9.32 Å². The lowest BCUT2D eigenvalue weighted by Crippen LogP contribution is -2.35. The molecule has 0 N–H and O–H groups in total. The lowest BCUT2D eigenvalue weighted by Gasteiger charge is -2.19. The summed E-state index contributed by atoms with van der Waals surface area (Å²) >= 11 is 0. The van der Waals surface area contributed by atoms with E-state index in [4.69, 9.17) is 4.42 Å². The van der Waals surface area contributed by atoms with Crippen LogP contribution in [0.2, 0.25) is 0 Å². The molecule has 0 atom stereocenters. The van der Waals surface area contributed by atoms with E-state index in [2.05, 4.69) is 10.1 Å². The van der Waals surface area contributed by atoms with Gasteiger partial charge in [0, 0.05) is 13.1 Å². The maximum absolute atomic E-state index is 12.7. The summed E-state index contributed by atoms with van der Waals surface area (Å²) in [5, 5.41) is 4.62. The maximum Gasteiger partial charge on any atom is 0.406 e. The number of fused-ring (bicyclic) bond motifs is 1. The van der Waals surface area contributed by atoms with Gasteiger partial charge in [-0.25, -0.2) is 9.67 Å². The first kappa shape index (κ1) is 18.0. The van der Waals surface area contributed by atoms with Crippen LogP contribution >= 0.6 is 0 Å². The second-order valence-electron chi connectivity index (χ2n) is 6.23. The Morgan fingerprint density at radius 1 is 1.38 bits per heavy atom. The molecule has 0 aliphatic rings. The molecule has 0 spiro atoms. The van der Waals surface area contributed by atoms with E-state index in [1.165, 1.54) is 18.5 Å². The molecule has 0 radical (unpaired) electrons. The van der Waals surface area contributed by atoms with E-state index >= 15 is 0 Å². The summed E-state index contributed by atoms with van der Waals surface area (Å²) in [6, 6.07) is 4.72. The Morgan fingerprint density at radius 2 is 2.12 bits per heavy atom. The molecule has 3 heterocycles. The molecule has 3 aromatic heterocycles. The molecule has 0 fully saturated rings. The number of carbonyl (C=O) groups excluding carboxylic acids is 1. The van der Waals surface area contributed by atoms with Crippen LogP contribution < -0.4 is 0 Å². The Balaban J connectivity index is 2.15. The molecular formula is C17H17F3N4O2. The number of nitrogens with zero attached hydrogens (tertiary/aromatic N) is 4. The Morgan fingerprint density at radius 3 is 2.69 bits per heavy atom. The average Bonchev–Trinajstić information content (AvgIpc) is 3.20. The van der Waals surface area contributed by atoms with E-state index in [1.807, 2.05) is 13.8 Å². The fraction of sp³-hybridized carbons (Fsp3) is 0.353. The van der Waals surface area contributed by atoms with Crippen LogP contribution in [-0.2, 0) is 0 Å². The van der Waals surface area contributed by atoms with Crippen LogP contribution in [0.5, 0.6) is 0 Å². The van der Waals surface area contributed by atoms with Gasteiger partial charge in [0.15, 0.2) is 11.4 Å². The third-order valence-electron chi connectivity index (χ3n) is 3.82. The number of amides is 1. The van der Waals surface area contributed by atoms with Crippen molar-refractivity contribution in [1.29, 1.82) is 0 Å². The normalized spacial score (nSPS) is 12.1. The molecule has 0 saturated heterocycles. The molecule has 0 aliphatic carbocycles. The van der Waals surface area contributed by atoms with Gasteiger partial charge in [0.25, 0.3) is 5.91 Å². The van der Waals surface area contributed by atoms with Gasteiger partial charge in [-0.05, 0) is 32.0 Å². The monoisotopic (exact) mass is 366 g/mol. The lowest BCUT2D eigenvalue weighted by molar-refractivity contribution is -0.138. The molecule has 1 amide bonds. The summed E-state index contributed by atoms with van der Waals surface area (Å²) in [6.07, 6.45) is -1.58. The number of alkyl halides is 3. The van der Waals surface area contributed by atoms with Gasteiger partial charge in [0.1, 0.15) is 12.2 Å². The summed E-state index contributed by atoms with van der Waals surface area (Å²) in [5.74, 6) is -0.346. The highest BCUT2D eigenvalue weighted by Gasteiger charge is 2.32. The van der Waals surface area contributed by atoms with Crippen molar-refractivity contribution < 1.29 is 22.4 Å². The number of hydrogen-bond acceptors (Lipinski definition) is 4. The minimum Gasteiger partial charge on any atom is -0.463 e. The molecule has 138 valence electrons. The van der Waals surface area contributed by atoms with Gasteiger partial charge in [0.05, 0.1) is 23.4 Å². The third-order valence-corrected chi connectivity index (χ3v) is 3.82. The number of furan rings is 1. The van der Waals surface area contributed by atoms with Crippen molar-refractivity contribution in [2.45, 2.75) is 26.1 Å². The van der Waals surface area contributed by atoms with Crippen LogP contribution in [0.1, 0.15) is 30.2 Å². The second kappa shape index (κ2) is 6.47. The number of carbonyl (C=O) groups is 1. The van der Waals surface area contributed by atoms with E-state index in [0.29, 0.717) is 27.4 Å². The molecule has 6 nitrogen and oxygen atoms in total. The van der Waals surface area contributed by atoms with E-state index in [9.17, 15) is 18.0 Å². The summed E-state index contributed by atoms with van der Waals surface area (Å²) in [7, 11) is 1.11. The van der Waals surface area contributed by atoms with Crippen LogP contribution in [0.15, 0.2) is 35.1 Å². The minimum absolute atomic E-state index is 0.0392. The Labute approximate surface area is 147 Å². The van der Waals surface area contributed by atoms with Crippen molar-refractivity contribution in [3.05, 3.63) is 36.2 Å². The van der Waals surface area contributed by atoms with Crippen molar-refractivity contribution in [3.63, 3.8) is 0 Å². The average molecular weight is 366 g/mol. The van der Waals surface area contributed by atoms with Crippen molar-refractivity contribution in [1.82, 2.24) is 19.7 Å². The first-order chi connectivity index (χ1) is 12.2. The first-order valence-corrected chi connectivity index (χ1v) is 7.91. The Hall–Kier alpha value is -2.84. The summed E-state index contributed by atoms with van der Waals surface area (Å²) < 4.78 is 45.0. The zero-order chi connectivity index (χ0) is 19.1. The topological polar surface area (TPSA) is 64.2 Å². The van der Waals surface area contributed by atoms with Crippen molar-refractivity contribution in [2.75, 3.05) is 13.6 Å².